The lowest BCUT2D eigenvalue weighted by atomic mass is 9.88. The zero-order chi connectivity index (χ0) is 25.7. The molecule has 10 heteroatoms. The summed E-state index contributed by atoms with van der Waals surface area (Å²) in [5, 5.41) is 16.6. The number of ether oxygens (including phenoxy) is 2. The van der Waals surface area contributed by atoms with Crippen molar-refractivity contribution in [3.05, 3.63) is 74.3 Å². The van der Waals surface area contributed by atoms with Gasteiger partial charge in [-0.1, -0.05) is 37.5 Å². The van der Waals surface area contributed by atoms with E-state index in [-0.39, 0.29) is 35.1 Å². The minimum atomic E-state index is -1.08. The molecular weight excluding hydrogens is 464 g/mol. The van der Waals surface area contributed by atoms with E-state index >= 15 is 0 Å². The Bertz CT molecular complexity index is 1360. The number of rotatable bonds is 8. The molecule has 0 radical (unpaired) electrons. The van der Waals surface area contributed by atoms with Crippen molar-refractivity contribution in [2.24, 2.45) is 5.10 Å². The van der Waals surface area contributed by atoms with Crippen molar-refractivity contribution in [1.29, 1.82) is 0 Å². The molecule has 1 saturated carbocycles. The smallest absolute Gasteiger partial charge is 0.347 e. The lowest BCUT2D eigenvalue weighted by Gasteiger charge is -2.22. The molecule has 36 heavy (non-hydrogen) atoms. The molecule has 1 heterocycles. The normalized spacial score (nSPS) is 15.2. The first-order valence-corrected chi connectivity index (χ1v) is 12.1. The third-order valence-electron chi connectivity index (χ3n) is 6.20. The van der Waals surface area contributed by atoms with Gasteiger partial charge in [-0.05, 0) is 44.9 Å². The summed E-state index contributed by atoms with van der Waals surface area (Å²) in [4.78, 5) is 41.4. The fourth-order valence-electron chi connectivity index (χ4n) is 4.40. The second-order valence-corrected chi connectivity index (χ2v) is 8.65. The molecule has 0 spiro atoms. The lowest BCUT2D eigenvalue weighted by molar-refractivity contribution is -0.386. The van der Waals surface area contributed by atoms with Crippen molar-refractivity contribution in [3.8, 4) is 5.75 Å². The van der Waals surface area contributed by atoms with Gasteiger partial charge >= 0.3 is 11.7 Å². The molecule has 10 nitrogen and oxygen atoms in total. The van der Waals surface area contributed by atoms with Crippen molar-refractivity contribution < 1.29 is 19.2 Å². The van der Waals surface area contributed by atoms with E-state index in [1.807, 2.05) is 6.07 Å². The van der Waals surface area contributed by atoms with Crippen LogP contribution in [0, 0.1) is 10.1 Å². The van der Waals surface area contributed by atoms with Gasteiger partial charge in [-0.25, -0.2) is 9.78 Å². The van der Waals surface area contributed by atoms with Crippen LogP contribution in [0.3, 0.4) is 0 Å². The first-order chi connectivity index (χ1) is 17.4. The molecule has 2 aromatic carbocycles. The molecule has 1 aliphatic rings. The summed E-state index contributed by atoms with van der Waals surface area (Å²) in [6.07, 6.45) is 5.30. The number of carbonyl (C=O) groups excluding carboxylic acids is 1. The Morgan fingerprint density at radius 1 is 1.22 bits per heavy atom. The standard InChI is InChI=1S/C26H28N4O6/c1-3-35-26(32)17(2)36-23-19(12-9-15-22(23)30(33)34)16-27-29-24(18-10-5-4-6-11-18)28-21-14-8-7-13-20(21)25(29)31/h7-9,12-18H,3-6,10-11H2,1-2H3/t17-/m0/s1. The number of esters is 1. The Morgan fingerprint density at radius 3 is 2.69 bits per heavy atom. The topological polar surface area (TPSA) is 126 Å². The summed E-state index contributed by atoms with van der Waals surface area (Å²) < 4.78 is 11.9. The minimum absolute atomic E-state index is 0.0814. The van der Waals surface area contributed by atoms with Crippen LogP contribution in [-0.4, -0.2) is 39.5 Å². The molecule has 0 aliphatic heterocycles. The second-order valence-electron chi connectivity index (χ2n) is 8.65. The molecule has 3 aromatic rings. The highest BCUT2D eigenvalue weighted by Gasteiger charge is 2.25. The number of nitro benzene ring substituents is 1. The van der Waals surface area contributed by atoms with Crippen LogP contribution < -0.4 is 10.3 Å². The Labute approximate surface area is 207 Å². The number of hydrogen-bond acceptors (Lipinski definition) is 8. The van der Waals surface area contributed by atoms with E-state index in [4.69, 9.17) is 14.5 Å². The Hall–Kier alpha value is -4.08. The molecule has 0 bridgehead atoms. The van der Waals surface area contributed by atoms with Crippen LogP contribution in [0.25, 0.3) is 10.9 Å². The third kappa shape index (κ3) is 5.27. The van der Waals surface area contributed by atoms with Gasteiger partial charge in [0.15, 0.2) is 6.10 Å². The van der Waals surface area contributed by atoms with Crippen molar-refractivity contribution in [3.63, 3.8) is 0 Å². The van der Waals surface area contributed by atoms with E-state index in [2.05, 4.69) is 5.10 Å². The summed E-state index contributed by atoms with van der Waals surface area (Å²) in [7, 11) is 0. The minimum Gasteiger partial charge on any atom is -0.471 e. The van der Waals surface area contributed by atoms with Crippen LogP contribution in [0.1, 0.15) is 63.3 Å². The largest absolute Gasteiger partial charge is 0.471 e. The maximum atomic E-state index is 13.4. The van der Waals surface area contributed by atoms with Gasteiger partial charge in [0.1, 0.15) is 5.82 Å². The summed E-state index contributed by atoms with van der Waals surface area (Å²) in [5.41, 5.74) is 0.212. The third-order valence-corrected chi connectivity index (χ3v) is 6.20. The van der Waals surface area contributed by atoms with E-state index in [1.54, 1.807) is 31.2 Å². The van der Waals surface area contributed by atoms with Gasteiger partial charge in [0.05, 0.1) is 28.6 Å². The number of benzene rings is 2. The quantitative estimate of drug-likeness (QED) is 0.195. The molecule has 0 saturated heterocycles. The lowest BCUT2D eigenvalue weighted by Crippen LogP contribution is -2.27. The van der Waals surface area contributed by atoms with Crippen LogP contribution in [0.4, 0.5) is 5.69 Å². The monoisotopic (exact) mass is 492 g/mol. The van der Waals surface area contributed by atoms with Gasteiger partial charge in [0.25, 0.3) is 5.56 Å². The Balaban J connectivity index is 1.80. The molecule has 0 unspecified atom stereocenters. The van der Waals surface area contributed by atoms with Crippen molar-refractivity contribution in [2.45, 2.75) is 58.0 Å². The van der Waals surface area contributed by atoms with E-state index in [0.717, 1.165) is 32.1 Å². The Morgan fingerprint density at radius 2 is 1.97 bits per heavy atom. The van der Waals surface area contributed by atoms with Crippen molar-refractivity contribution in [1.82, 2.24) is 9.66 Å². The van der Waals surface area contributed by atoms with Gasteiger partial charge in [0, 0.05) is 17.5 Å². The Kier molecular flexibility index (Phi) is 7.72. The van der Waals surface area contributed by atoms with Crippen LogP contribution in [-0.2, 0) is 9.53 Å². The van der Waals surface area contributed by atoms with Gasteiger partial charge in [-0.3, -0.25) is 14.9 Å². The van der Waals surface area contributed by atoms with Gasteiger partial charge in [-0.2, -0.15) is 9.78 Å². The zero-order valence-electron chi connectivity index (χ0n) is 20.3. The predicted molar refractivity (Wildman–Crippen MR) is 135 cm³/mol. The van der Waals surface area contributed by atoms with Crippen LogP contribution in [0.15, 0.2) is 52.4 Å². The fourth-order valence-corrected chi connectivity index (χ4v) is 4.40. The second kappa shape index (κ2) is 11.1. The number of carbonyl (C=O) groups is 1. The first kappa shape index (κ1) is 25.0. The first-order valence-electron chi connectivity index (χ1n) is 12.1. The van der Waals surface area contributed by atoms with Gasteiger partial charge in [-0.15, -0.1) is 0 Å². The molecule has 1 atom stereocenters. The SMILES string of the molecule is CCOC(=O)[C@H](C)Oc1c(C=Nn2c(C3CCCCC3)nc3ccccc3c2=O)cccc1[N+](=O)[O-]. The van der Waals surface area contributed by atoms with Crippen LogP contribution in [0.5, 0.6) is 5.75 Å². The average Bonchev–Trinajstić information content (AvgIpc) is 2.89. The fraction of sp³-hybridized carbons (Fsp3) is 0.385. The van der Waals surface area contributed by atoms with Gasteiger partial charge in [0.2, 0.25) is 5.75 Å². The molecule has 1 aliphatic carbocycles. The van der Waals surface area contributed by atoms with E-state index in [0.29, 0.717) is 16.7 Å². The van der Waals surface area contributed by atoms with E-state index in [9.17, 15) is 19.7 Å². The van der Waals surface area contributed by atoms with Crippen LogP contribution >= 0.6 is 0 Å². The highest BCUT2D eigenvalue weighted by atomic mass is 16.6. The van der Waals surface area contributed by atoms with Crippen LogP contribution in [0.2, 0.25) is 0 Å². The average molecular weight is 493 g/mol. The summed E-state index contributed by atoms with van der Waals surface area (Å²) in [6, 6.07) is 11.5. The number of para-hydroxylation sites is 2. The number of aromatic nitrogens is 2. The number of nitrogens with zero attached hydrogens (tertiary/aromatic N) is 4. The molecular formula is C26H28N4O6. The molecule has 1 aromatic heterocycles. The van der Waals surface area contributed by atoms with Crippen molar-refractivity contribution >= 4 is 28.8 Å². The molecule has 0 N–H and O–H groups in total. The molecule has 4 rings (SSSR count). The number of fused-ring (bicyclic) bond motifs is 1. The molecule has 1 fully saturated rings. The summed E-state index contributed by atoms with van der Waals surface area (Å²) in [6.45, 7) is 3.26. The summed E-state index contributed by atoms with van der Waals surface area (Å²) >= 11 is 0. The maximum absolute atomic E-state index is 13.4. The predicted octanol–water partition coefficient (Wildman–Crippen LogP) is 4.57. The molecule has 0 amide bonds. The maximum Gasteiger partial charge on any atom is 0.347 e. The number of nitro groups is 1. The van der Waals surface area contributed by atoms with Crippen molar-refractivity contribution in [2.75, 3.05) is 6.61 Å². The van der Waals surface area contributed by atoms with E-state index < -0.39 is 17.0 Å². The van der Waals surface area contributed by atoms with Gasteiger partial charge < -0.3 is 9.47 Å². The highest BCUT2D eigenvalue weighted by molar-refractivity contribution is 5.86. The molecule has 188 valence electrons. The highest BCUT2D eigenvalue weighted by Crippen LogP contribution is 2.33. The van der Waals surface area contributed by atoms with E-state index in [1.165, 1.54) is 29.9 Å². The summed E-state index contributed by atoms with van der Waals surface area (Å²) in [5.74, 6) is -0.124. The zero-order valence-corrected chi connectivity index (χ0v) is 20.3. The number of hydrogen-bond donors (Lipinski definition) is 0.